The first-order valence-corrected chi connectivity index (χ1v) is 5.96. The van der Waals surface area contributed by atoms with Crippen molar-refractivity contribution in [1.82, 2.24) is 9.97 Å². The van der Waals surface area contributed by atoms with Crippen LogP contribution in [-0.2, 0) is 9.47 Å². The van der Waals surface area contributed by atoms with Gasteiger partial charge < -0.3 is 20.2 Å². The van der Waals surface area contributed by atoms with Gasteiger partial charge in [0.15, 0.2) is 5.82 Å². The normalized spacial score (nSPS) is 10.3. The van der Waals surface area contributed by atoms with Gasteiger partial charge in [-0.2, -0.15) is 0 Å². The largest absolute Gasteiger partial charge is 0.382 e. The van der Waals surface area contributed by atoms with E-state index in [1.807, 2.05) is 0 Å². The molecule has 1 aromatic rings. The van der Waals surface area contributed by atoms with Gasteiger partial charge in [-0.1, -0.05) is 0 Å². The fraction of sp³-hybridized carbons (Fsp3) is 0.636. The predicted octanol–water partition coefficient (Wildman–Crippen LogP) is 0.617. The molecule has 0 unspecified atom stereocenters. The fourth-order valence-corrected chi connectivity index (χ4v) is 1.31. The molecular formula is C11H21N5O2. The van der Waals surface area contributed by atoms with Crippen molar-refractivity contribution in [2.45, 2.75) is 12.8 Å². The van der Waals surface area contributed by atoms with Crippen molar-refractivity contribution in [2.24, 2.45) is 5.84 Å². The Morgan fingerprint density at radius 1 is 1.17 bits per heavy atom. The summed E-state index contributed by atoms with van der Waals surface area (Å²) < 4.78 is 10.2. The minimum absolute atomic E-state index is 0.544. The van der Waals surface area contributed by atoms with Crippen LogP contribution in [0.1, 0.15) is 12.8 Å². The Hall–Kier alpha value is -1.44. The number of nitrogens with zero attached hydrogens (tertiary/aromatic N) is 2. The van der Waals surface area contributed by atoms with Gasteiger partial charge in [0.1, 0.15) is 5.82 Å². The molecule has 7 nitrogen and oxygen atoms in total. The number of rotatable bonds is 10. The second-order valence-corrected chi connectivity index (χ2v) is 3.67. The van der Waals surface area contributed by atoms with E-state index in [2.05, 4.69) is 20.7 Å². The van der Waals surface area contributed by atoms with Crippen LogP contribution in [0.15, 0.2) is 12.4 Å². The van der Waals surface area contributed by atoms with Gasteiger partial charge in [0.25, 0.3) is 0 Å². The van der Waals surface area contributed by atoms with E-state index >= 15 is 0 Å². The molecule has 0 fully saturated rings. The minimum atomic E-state index is 0.544. The van der Waals surface area contributed by atoms with E-state index in [4.69, 9.17) is 15.3 Å². The number of unbranched alkanes of at least 4 members (excludes halogenated alkanes) is 1. The molecule has 18 heavy (non-hydrogen) atoms. The molecular weight excluding hydrogens is 234 g/mol. The molecule has 0 saturated heterocycles. The zero-order chi connectivity index (χ0) is 13.1. The highest BCUT2D eigenvalue weighted by Gasteiger charge is 1.96. The highest BCUT2D eigenvalue weighted by molar-refractivity contribution is 5.40. The van der Waals surface area contributed by atoms with Gasteiger partial charge in [0, 0.05) is 20.3 Å². The van der Waals surface area contributed by atoms with Crippen molar-refractivity contribution in [3.63, 3.8) is 0 Å². The molecule has 0 atom stereocenters. The minimum Gasteiger partial charge on any atom is -0.382 e. The summed E-state index contributed by atoms with van der Waals surface area (Å²) in [6, 6.07) is 0. The van der Waals surface area contributed by atoms with Crippen molar-refractivity contribution in [3.05, 3.63) is 12.4 Å². The molecule has 0 amide bonds. The second-order valence-electron chi connectivity index (χ2n) is 3.67. The predicted molar refractivity (Wildman–Crippen MR) is 70.3 cm³/mol. The molecule has 0 aliphatic heterocycles. The molecule has 0 aliphatic rings. The number of aromatic nitrogens is 2. The molecule has 0 saturated carbocycles. The number of methoxy groups -OCH3 is 1. The van der Waals surface area contributed by atoms with Gasteiger partial charge in [-0.15, -0.1) is 0 Å². The van der Waals surface area contributed by atoms with E-state index in [0.717, 1.165) is 26.0 Å². The number of nitrogens with two attached hydrogens (primary N) is 1. The maximum absolute atomic E-state index is 5.36. The molecule has 0 aliphatic carbocycles. The molecule has 0 radical (unpaired) electrons. The van der Waals surface area contributed by atoms with Crippen molar-refractivity contribution in [1.29, 1.82) is 0 Å². The van der Waals surface area contributed by atoms with E-state index in [-0.39, 0.29) is 0 Å². The average molecular weight is 255 g/mol. The first kappa shape index (κ1) is 14.6. The van der Waals surface area contributed by atoms with Gasteiger partial charge in [0.2, 0.25) is 0 Å². The standard InChI is InChI=1S/C11H21N5O2/c1-17-6-7-18-5-3-2-4-14-10-8-13-9-11(15-10)16-12/h8-9H,2-7,12H2,1H3,(H2,14,15,16). The van der Waals surface area contributed by atoms with E-state index in [1.165, 1.54) is 0 Å². The molecule has 1 rings (SSSR count). The molecule has 102 valence electrons. The number of nitrogen functional groups attached to an aromatic ring is 1. The van der Waals surface area contributed by atoms with Crippen LogP contribution in [0, 0.1) is 0 Å². The first-order chi connectivity index (χ1) is 8.86. The summed E-state index contributed by atoms with van der Waals surface area (Å²) >= 11 is 0. The topological polar surface area (TPSA) is 94.3 Å². The van der Waals surface area contributed by atoms with Crippen LogP contribution in [0.25, 0.3) is 0 Å². The zero-order valence-electron chi connectivity index (χ0n) is 10.7. The van der Waals surface area contributed by atoms with Crippen LogP contribution in [-0.4, -0.2) is 43.4 Å². The third kappa shape index (κ3) is 6.33. The Morgan fingerprint density at radius 3 is 2.78 bits per heavy atom. The Balaban J connectivity index is 2.03. The fourth-order valence-electron chi connectivity index (χ4n) is 1.31. The summed E-state index contributed by atoms with van der Waals surface area (Å²) in [7, 11) is 1.67. The van der Waals surface area contributed by atoms with E-state index in [0.29, 0.717) is 24.8 Å². The highest BCUT2D eigenvalue weighted by Crippen LogP contribution is 2.05. The lowest BCUT2D eigenvalue weighted by Crippen LogP contribution is -2.11. The molecule has 4 N–H and O–H groups in total. The van der Waals surface area contributed by atoms with Crippen LogP contribution < -0.4 is 16.6 Å². The number of anilines is 2. The summed E-state index contributed by atoms with van der Waals surface area (Å²) in [5.74, 6) is 6.50. The molecule has 1 aromatic heterocycles. The summed E-state index contributed by atoms with van der Waals surface area (Å²) in [4.78, 5) is 8.19. The molecule has 0 bridgehead atoms. The summed E-state index contributed by atoms with van der Waals surface area (Å²) in [5.41, 5.74) is 2.45. The lowest BCUT2D eigenvalue weighted by molar-refractivity contribution is 0.0691. The van der Waals surface area contributed by atoms with Crippen LogP contribution in [0.2, 0.25) is 0 Å². The van der Waals surface area contributed by atoms with E-state index < -0.39 is 0 Å². The quantitative estimate of drug-likeness (QED) is 0.320. The molecule has 7 heteroatoms. The van der Waals surface area contributed by atoms with Crippen LogP contribution in [0.4, 0.5) is 11.6 Å². The van der Waals surface area contributed by atoms with Gasteiger partial charge >= 0.3 is 0 Å². The summed E-state index contributed by atoms with van der Waals surface area (Å²) in [6.07, 6.45) is 5.23. The van der Waals surface area contributed by atoms with Crippen molar-refractivity contribution in [2.75, 3.05) is 44.2 Å². The number of nitrogens with one attached hydrogen (secondary N) is 2. The van der Waals surface area contributed by atoms with Crippen molar-refractivity contribution < 1.29 is 9.47 Å². The highest BCUT2D eigenvalue weighted by atomic mass is 16.5. The van der Waals surface area contributed by atoms with E-state index in [1.54, 1.807) is 19.5 Å². The average Bonchev–Trinajstić information content (AvgIpc) is 2.42. The third-order valence-electron chi connectivity index (χ3n) is 2.24. The lowest BCUT2D eigenvalue weighted by atomic mass is 10.3. The second kappa shape index (κ2) is 9.58. The SMILES string of the molecule is COCCOCCCCNc1cncc(NN)n1. The molecule has 1 heterocycles. The Kier molecular flexibility index (Phi) is 7.78. The first-order valence-electron chi connectivity index (χ1n) is 5.96. The van der Waals surface area contributed by atoms with Gasteiger partial charge in [-0.05, 0) is 12.8 Å². The Labute approximate surface area is 107 Å². The Bertz CT molecular complexity index is 324. The van der Waals surface area contributed by atoms with Gasteiger partial charge in [-0.3, -0.25) is 4.98 Å². The van der Waals surface area contributed by atoms with Crippen LogP contribution in [0.3, 0.4) is 0 Å². The van der Waals surface area contributed by atoms with Gasteiger partial charge in [0.05, 0.1) is 25.6 Å². The number of hydrogen-bond acceptors (Lipinski definition) is 7. The van der Waals surface area contributed by atoms with Crippen LogP contribution >= 0.6 is 0 Å². The molecule has 0 spiro atoms. The van der Waals surface area contributed by atoms with Crippen molar-refractivity contribution >= 4 is 11.6 Å². The summed E-state index contributed by atoms with van der Waals surface area (Å²) in [5, 5.41) is 3.17. The maximum Gasteiger partial charge on any atom is 0.160 e. The maximum atomic E-state index is 5.36. The monoisotopic (exact) mass is 255 g/mol. The van der Waals surface area contributed by atoms with E-state index in [9.17, 15) is 0 Å². The zero-order valence-corrected chi connectivity index (χ0v) is 10.7. The third-order valence-corrected chi connectivity index (χ3v) is 2.24. The number of hydrogen-bond donors (Lipinski definition) is 3. The smallest absolute Gasteiger partial charge is 0.160 e. The van der Waals surface area contributed by atoms with Crippen molar-refractivity contribution in [3.8, 4) is 0 Å². The lowest BCUT2D eigenvalue weighted by Gasteiger charge is -2.07. The van der Waals surface area contributed by atoms with Crippen LogP contribution in [0.5, 0.6) is 0 Å². The number of ether oxygens (including phenoxy) is 2. The Morgan fingerprint density at radius 2 is 2.00 bits per heavy atom. The summed E-state index contributed by atoms with van der Waals surface area (Å²) in [6.45, 7) is 2.88. The molecule has 0 aromatic carbocycles. The number of hydrazine groups is 1. The van der Waals surface area contributed by atoms with Gasteiger partial charge in [-0.25, -0.2) is 10.8 Å².